The van der Waals surface area contributed by atoms with E-state index in [0.717, 1.165) is 29.4 Å². The van der Waals surface area contributed by atoms with Crippen molar-refractivity contribution < 1.29 is 0 Å². The summed E-state index contributed by atoms with van der Waals surface area (Å²) in [5.74, 6) is 0. The molecule has 16 heavy (non-hydrogen) atoms. The minimum atomic E-state index is 0.0148. The largest absolute Gasteiger partial charge is 0.367 e. The lowest BCUT2D eigenvalue weighted by molar-refractivity contribution is 0.816. The fourth-order valence-corrected chi connectivity index (χ4v) is 1.92. The van der Waals surface area contributed by atoms with Crippen molar-refractivity contribution >= 4 is 17.3 Å². The number of rotatable bonds is 5. The fourth-order valence-electron chi connectivity index (χ4n) is 1.62. The normalized spacial score (nSPS) is 12.2. The van der Waals surface area contributed by atoms with Crippen LogP contribution >= 0.6 is 11.6 Å². The van der Waals surface area contributed by atoms with E-state index in [2.05, 4.69) is 18.4 Å². The summed E-state index contributed by atoms with van der Waals surface area (Å²) in [6.45, 7) is 9.50. The molecule has 2 nitrogen and oxygen atoms in total. The Balaban J connectivity index is 3.01. The minimum absolute atomic E-state index is 0.0148. The van der Waals surface area contributed by atoms with Crippen LogP contribution in [-0.2, 0) is 0 Å². The number of halogens is 1. The molecule has 1 atom stereocenters. The summed E-state index contributed by atoms with van der Waals surface area (Å²) >= 11 is 6.25. The highest BCUT2D eigenvalue weighted by Gasteiger charge is 2.09. The molecule has 88 valence electrons. The van der Waals surface area contributed by atoms with E-state index < -0.39 is 0 Å². The van der Waals surface area contributed by atoms with Crippen molar-refractivity contribution in [2.24, 2.45) is 5.73 Å². The average Bonchev–Trinajstić information content (AvgIpc) is 2.26. The van der Waals surface area contributed by atoms with Crippen molar-refractivity contribution in [3.63, 3.8) is 0 Å². The van der Waals surface area contributed by atoms with Gasteiger partial charge >= 0.3 is 0 Å². The molecule has 0 saturated carbocycles. The minimum Gasteiger partial charge on any atom is -0.367 e. The maximum atomic E-state index is 6.25. The third-order valence-electron chi connectivity index (χ3n) is 2.57. The molecule has 1 aromatic carbocycles. The first-order valence-corrected chi connectivity index (χ1v) is 5.88. The summed E-state index contributed by atoms with van der Waals surface area (Å²) in [7, 11) is 0. The zero-order valence-corrected chi connectivity index (χ0v) is 10.7. The van der Waals surface area contributed by atoms with Gasteiger partial charge in [0.1, 0.15) is 0 Å². The second-order valence-electron chi connectivity index (χ2n) is 3.83. The molecule has 1 rings (SSSR count). The molecule has 0 aliphatic rings. The summed E-state index contributed by atoms with van der Waals surface area (Å²) in [4.78, 5) is 2.17. The first-order valence-electron chi connectivity index (χ1n) is 5.51. The van der Waals surface area contributed by atoms with Crippen molar-refractivity contribution in [3.8, 4) is 0 Å². The van der Waals surface area contributed by atoms with Gasteiger partial charge in [-0.15, -0.1) is 6.58 Å². The summed E-state index contributed by atoms with van der Waals surface area (Å²) in [5.41, 5.74) is 7.91. The Bertz CT molecular complexity index is 361. The Morgan fingerprint density at radius 1 is 1.56 bits per heavy atom. The number of hydrogen-bond acceptors (Lipinski definition) is 2. The number of anilines is 1. The predicted molar refractivity (Wildman–Crippen MR) is 72.1 cm³/mol. The van der Waals surface area contributed by atoms with Gasteiger partial charge in [-0.25, -0.2) is 0 Å². The van der Waals surface area contributed by atoms with Crippen LogP contribution in [0.25, 0.3) is 0 Å². The topological polar surface area (TPSA) is 29.3 Å². The highest BCUT2D eigenvalue weighted by molar-refractivity contribution is 6.33. The molecule has 0 aliphatic heterocycles. The molecule has 0 bridgehead atoms. The summed E-state index contributed by atoms with van der Waals surface area (Å²) in [5, 5.41) is 0.749. The van der Waals surface area contributed by atoms with Crippen molar-refractivity contribution in [1.29, 1.82) is 0 Å². The molecular weight excluding hydrogens is 220 g/mol. The molecule has 0 saturated heterocycles. The molecule has 0 spiro atoms. The molecule has 0 radical (unpaired) electrons. The summed E-state index contributed by atoms with van der Waals surface area (Å²) in [6, 6.07) is 6.00. The molecular formula is C13H19ClN2. The van der Waals surface area contributed by atoms with E-state index in [9.17, 15) is 0 Å². The smallest absolute Gasteiger partial charge is 0.0643 e. The van der Waals surface area contributed by atoms with Crippen molar-refractivity contribution in [2.45, 2.75) is 19.9 Å². The zero-order valence-electron chi connectivity index (χ0n) is 9.91. The Morgan fingerprint density at radius 2 is 2.25 bits per heavy atom. The number of hydrogen-bond donors (Lipinski definition) is 1. The van der Waals surface area contributed by atoms with Crippen LogP contribution in [0, 0.1) is 0 Å². The van der Waals surface area contributed by atoms with Crippen LogP contribution < -0.4 is 10.6 Å². The maximum absolute atomic E-state index is 6.25. The van der Waals surface area contributed by atoms with E-state index in [1.54, 1.807) is 0 Å². The van der Waals surface area contributed by atoms with Crippen molar-refractivity contribution in [3.05, 3.63) is 41.4 Å². The van der Waals surface area contributed by atoms with Gasteiger partial charge in [-0.05, 0) is 31.5 Å². The molecule has 0 fully saturated rings. The van der Waals surface area contributed by atoms with Gasteiger partial charge in [0.15, 0.2) is 0 Å². The van der Waals surface area contributed by atoms with Crippen molar-refractivity contribution in [2.75, 3.05) is 18.0 Å². The molecule has 1 aromatic rings. The summed E-state index contributed by atoms with van der Waals surface area (Å²) in [6.07, 6.45) is 1.87. The van der Waals surface area contributed by atoms with Crippen molar-refractivity contribution in [1.82, 2.24) is 0 Å². The lowest BCUT2D eigenvalue weighted by Crippen LogP contribution is -2.22. The zero-order chi connectivity index (χ0) is 12.1. The molecule has 3 heteroatoms. The number of nitrogens with two attached hydrogens (primary N) is 1. The van der Waals surface area contributed by atoms with Crippen LogP contribution in [0.3, 0.4) is 0 Å². The Labute approximate surface area is 103 Å². The van der Waals surface area contributed by atoms with Gasteiger partial charge in [-0.1, -0.05) is 23.7 Å². The third-order valence-corrected chi connectivity index (χ3v) is 2.87. The number of benzene rings is 1. The Morgan fingerprint density at radius 3 is 2.69 bits per heavy atom. The number of likely N-dealkylation sites (N-methyl/N-ethyl adjacent to an activating group) is 1. The number of nitrogens with zero attached hydrogens (tertiary/aromatic N) is 1. The van der Waals surface area contributed by atoms with E-state index >= 15 is 0 Å². The van der Waals surface area contributed by atoms with Crippen LogP contribution in [0.4, 0.5) is 5.69 Å². The Hall–Kier alpha value is -0.990. The van der Waals surface area contributed by atoms with E-state index in [1.807, 2.05) is 31.2 Å². The molecule has 0 heterocycles. The maximum Gasteiger partial charge on any atom is 0.0643 e. The van der Waals surface area contributed by atoms with Gasteiger partial charge in [0.2, 0.25) is 0 Å². The highest BCUT2D eigenvalue weighted by atomic mass is 35.5. The molecule has 0 aromatic heterocycles. The van der Waals surface area contributed by atoms with Crippen LogP contribution in [0.5, 0.6) is 0 Å². The van der Waals surface area contributed by atoms with Gasteiger partial charge in [0, 0.05) is 19.1 Å². The second kappa shape index (κ2) is 5.92. The van der Waals surface area contributed by atoms with Gasteiger partial charge in [-0.2, -0.15) is 0 Å². The molecule has 2 N–H and O–H groups in total. The first kappa shape index (κ1) is 13.1. The molecule has 0 unspecified atom stereocenters. The van der Waals surface area contributed by atoms with Gasteiger partial charge in [-0.3, -0.25) is 0 Å². The van der Waals surface area contributed by atoms with Gasteiger partial charge < -0.3 is 10.6 Å². The monoisotopic (exact) mass is 238 g/mol. The van der Waals surface area contributed by atoms with E-state index in [-0.39, 0.29) is 6.04 Å². The SMILES string of the molecule is C=CCN(CC)c1ccc([C@H](C)N)cc1Cl. The lowest BCUT2D eigenvalue weighted by Gasteiger charge is -2.23. The molecule has 0 amide bonds. The van der Waals surface area contributed by atoms with Crippen LogP contribution in [0.2, 0.25) is 5.02 Å². The summed E-state index contributed by atoms with van der Waals surface area (Å²) < 4.78 is 0. The van der Waals surface area contributed by atoms with E-state index in [0.29, 0.717) is 0 Å². The lowest BCUT2D eigenvalue weighted by atomic mass is 10.1. The Kier molecular flexibility index (Phi) is 4.84. The quantitative estimate of drug-likeness (QED) is 0.797. The van der Waals surface area contributed by atoms with Crippen LogP contribution in [0.15, 0.2) is 30.9 Å². The predicted octanol–water partition coefficient (Wildman–Crippen LogP) is 3.37. The molecule has 0 aliphatic carbocycles. The van der Waals surface area contributed by atoms with Crippen LogP contribution in [-0.4, -0.2) is 13.1 Å². The van der Waals surface area contributed by atoms with E-state index in [1.165, 1.54) is 0 Å². The van der Waals surface area contributed by atoms with E-state index in [4.69, 9.17) is 17.3 Å². The standard InChI is InChI=1S/C13H19ClN2/c1-4-8-16(5-2)13-7-6-11(10(3)15)9-12(13)14/h4,6-7,9-10H,1,5,8,15H2,2-3H3/t10-/m0/s1. The fraction of sp³-hybridized carbons (Fsp3) is 0.385. The average molecular weight is 239 g/mol. The second-order valence-corrected chi connectivity index (χ2v) is 4.23. The highest BCUT2D eigenvalue weighted by Crippen LogP contribution is 2.28. The van der Waals surface area contributed by atoms with Gasteiger partial charge in [0.25, 0.3) is 0 Å². The first-order chi connectivity index (χ1) is 7.60. The van der Waals surface area contributed by atoms with Crippen LogP contribution in [0.1, 0.15) is 25.5 Å². The third kappa shape index (κ3) is 3.00. The van der Waals surface area contributed by atoms with Gasteiger partial charge in [0.05, 0.1) is 10.7 Å².